The van der Waals surface area contributed by atoms with Crippen LogP contribution in [0.25, 0.3) is 0 Å². The van der Waals surface area contributed by atoms with E-state index in [1.807, 2.05) is 12.1 Å². The molecule has 0 fully saturated rings. The summed E-state index contributed by atoms with van der Waals surface area (Å²) in [5, 5.41) is 5.53. The molecule has 2 N–H and O–H groups in total. The summed E-state index contributed by atoms with van der Waals surface area (Å²) in [6.45, 7) is 1.91. The standard InChI is InChI=1S/C21H19BrN2O4/c1-14(28-16-10-8-15(22)9-11-16)20(25)24-19-7-3-2-6-18(19)21(26)23-13-17-5-4-12-27-17/h2-12,14H,13H2,1H3,(H,23,26)(H,24,25). The Bertz CT molecular complexity index is 939. The molecule has 1 unspecified atom stereocenters. The van der Waals surface area contributed by atoms with Gasteiger partial charge in [-0.15, -0.1) is 0 Å². The van der Waals surface area contributed by atoms with Crippen molar-refractivity contribution in [1.82, 2.24) is 5.32 Å². The van der Waals surface area contributed by atoms with Gasteiger partial charge in [-0.05, 0) is 55.5 Å². The van der Waals surface area contributed by atoms with E-state index in [0.29, 0.717) is 22.8 Å². The van der Waals surface area contributed by atoms with Crippen molar-refractivity contribution >= 4 is 33.4 Å². The van der Waals surface area contributed by atoms with E-state index < -0.39 is 6.10 Å². The predicted octanol–water partition coefficient (Wildman–Crippen LogP) is 4.38. The van der Waals surface area contributed by atoms with E-state index in [0.717, 1.165) is 4.47 Å². The van der Waals surface area contributed by atoms with Crippen LogP contribution in [0.15, 0.2) is 75.8 Å². The second kappa shape index (κ2) is 9.23. The molecule has 7 heteroatoms. The monoisotopic (exact) mass is 442 g/mol. The van der Waals surface area contributed by atoms with Crippen LogP contribution in [0, 0.1) is 0 Å². The molecule has 0 bridgehead atoms. The maximum Gasteiger partial charge on any atom is 0.265 e. The highest BCUT2D eigenvalue weighted by molar-refractivity contribution is 9.10. The van der Waals surface area contributed by atoms with Crippen LogP contribution in [0.4, 0.5) is 5.69 Å². The molecule has 28 heavy (non-hydrogen) atoms. The Morgan fingerprint density at radius 1 is 1.07 bits per heavy atom. The van der Waals surface area contributed by atoms with Crippen molar-refractivity contribution in [2.45, 2.75) is 19.6 Å². The summed E-state index contributed by atoms with van der Waals surface area (Å²) in [7, 11) is 0. The van der Waals surface area contributed by atoms with E-state index in [4.69, 9.17) is 9.15 Å². The minimum atomic E-state index is -0.736. The van der Waals surface area contributed by atoms with Crippen molar-refractivity contribution < 1.29 is 18.7 Å². The highest BCUT2D eigenvalue weighted by Gasteiger charge is 2.18. The number of amides is 2. The zero-order valence-corrected chi connectivity index (χ0v) is 16.7. The zero-order valence-electron chi connectivity index (χ0n) is 15.1. The number of furan rings is 1. The number of nitrogens with one attached hydrogen (secondary N) is 2. The van der Waals surface area contributed by atoms with Gasteiger partial charge >= 0.3 is 0 Å². The third kappa shape index (κ3) is 5.23. The number of hydrogen-bond donors (Lipinski definition) is 2. The molecule has 3 aromatic rings. The number of ether oxygens (including phenoxy) is 1. The Labute approximate surface area is 171 Å². The van der Waals surface area contributed by atoms with Crippen LogP contribution in [0.5, 0.6) is 5.75 Å². The second-order valence-electron chi connectivity index (χ2n) is 6.01. The first-order valence-corrected chi connectivity index (χ1v) is 9.45. The molecule has 144 valence electrons. The lowest BCUT2D eigenvalue weighted by molar-refractivity contribution is -0.122. The van der Waals surface area contributed by atoms with Gasteiger partial charge in [0.15, 0.2) is 6.10 Å². The molecule has 0 radical (unpaired) electrons. The Balaban J connectivity index is 1.63. The minimum Gasteiger partial charge on any atom is -0.481 e. The summed E-state index contributed by atoms with van der Waals surface area (Å²) in [6, 6.07) is 17.5. The lowest BCUT2D eigenvalue weighted by Gasteiger charge is -2.16. The molecular formula is C21H19BrN2O4. The molecule has 6 nitrogen and oxygen atoms in total. The molecule has 0 aliphatic rings. The number of rotatable bonds is 7. The maximum absolute atomic E-state index is 12.5. The third-order valence-electron chi connectivity index (χ3n) is 3.93. The van der Waals surface area contributed by atoms with E-state index in [9.17, 15) is 9.59 Å². The van der Waals surface area contributed by atoms with Gasteiger partial charge in [0.25, 0.3) is 11.8 Å². The van der Waals surface area contributed by atoms with Gasteiger partial charge in [-0.2, -0.15) is 0 Å². The molecule has 0 spiro atoms. The first kappa shape index (κ1) is 19.7. The summed E-state index contributed by atoms with van der Waals surface area (Å²) in [6.07, 6.45) is 0.808. The molecule has 0 aliphatic heterocycles. The van der Waals surface area contributed by atoms with Crippen LogP contribution in [0.1, 0.15) is 23.0 Å². The molecule has 1 aromatic heterocycles. The summed E-state index contributed by atoms with van der Waals surface area (Å²) in [4.78, 5) is 25.0. The average Bonchev–Trinajstić information content (AvgIpc) is 3.22. The minimum absolute atomic E-state index is 0.261. The Morgan fingerprint density at radius 3 is 2.54 bits per heavy atom. The highest BCUT2D eigenvalue weighted by atomic mass is 79.9. The average molecular weight is 443 g/mol. The van der Waals surface area contributed by atoms with E-state index in [1.165, 1.54) is 0 Å². The number of halogens is 1. The fraction of sp³-hybridized carbons (Fsp3) is 0.143. The number of anilines is 1. The second-order valence-corrected chi connectivity index (χ2v) is 6.93. The van der Waals surface area contributed by atoms with Gasteiger partial charge in [-0.25, -0.2) is 0 Å². The van der Waals surface area contributed by atoms with Crippen molar-refractivity contribution in [3.05, 3.63) is 82.7 Å². The van der Waals surface area contributed by atoms with Crippen molar-refractivity contribution in [2.24, 2.45) is 0 Å². The predicted molar refractivity (Wildman–Crippen MR) is 109 cm³/mol. The fourth-order valence-electron chi connectivity index (χ4n) is 2.47. The Morgan fingerprint density at radius 2 is 1.82 bits per heavy atom. The van der Waals surface area contributed by atoms with E-state index in [1.54, 1.807) is 61.7 Å². The van der Waals surface area contributed by atoms with E-state index in [-0.39, 0.29) is 18.4 Å². The lowest BCUT2D eigenvalue weighted by Crippen LogP contribution is -2.31. The molecule has 0 aliphatic carbocycles. The molecule has 0 saturated heterocycles. The molecule has 1 atom stereocenters. The van der Waals surface area contributed by atoms with Gasteiger partial charge in [0, 0.05) is 4.47 Å². The fourth-order valence-corrected chi connectivity index (χ4v) is 2.74. The van der Waals surface area contributed by atoms with Gasteiger partial charge in [-0.1, -0.05) is 28.1 Å². The van der Waals surface area contributed by atoms with Crippen LogP contribution >= 0.6 is 15.9 Å². The van der Waals surface area contributed by atoms with Crippen molar-refractivity contribution in [3.63, 3.8) is 0 Å². The zero-order chi connectivity index (χ0) is 19.9. The van der Waals surface area contributed by atoms with Crippen LogP contribution < -0.4 is 15.4 Å². The molecule has 0 saturated carbocycles. The number of benzene rings is 2. The molecular weight excluding hydrogens is 424 g/mol. The number of para-hydroxylation sites is 1. The highest BCUT2D eigenvalue weighted by Crippen LogP contribution is 2.19. The Hall–Kier alpha value is -3.06. The quantitative estimate of drug-likeness (QED) is 0.568. The van der Waals surface area contributed by atoms with E-state index >= 15 is 0 Å². The van der Waals surface area contributed by atoms with Crippen LogP contribution in [0.3, 0.4) is 0 Å². The summed E-state index contributed by atoms with van der Waals surface area (Å²) < 4.78 is 11.8. The third-order valence-corrected chi connectivity index (χ3v) is 4.46. The summed E-state index contributed by atoms with van der Waals surface area (Å²) in [5.74, 6) is 0.560. The van der Waals surface area contributed by atoms with Gasteiger partial charge in [-0.3, -0.25) is 9.59 Å². The summed E-state index contributed by atoms with van der Waals surface area (Å²) >= 11 is 3.35. The van der Waals surface area contributed by atoms with Gasteiger partial charge in [0.2, 0.25) is 0 Å². The topological polar surface area (TPSA) is 80.6 Å². The van der Waals surface area contributed by atoms with Crippen molar-refractivity contribution in [1.29, 1.82) is 0 Å². The van der Waals surface area contributed by atoms with Gasteiger partial charge < -0.3 is 19.8 Å². The smallest absolute Gasteiger partial charge is 0.265 e. The first-order chi connectivity index (χ1) is 13.5. The summed E-state index contributed by atoms with van der Waals surface area (Å²) in [5.41, 5.74) is 0.772. The molecule has 2 amide bonds. The van der Waals surface area contributed by atoms with Crippen molar-refractivity contribution in [3.8, 4) is 5.75 Å². The molecule has 2 aromatic carbocycles. The lowest BCUT2D eigenvalue weighted by atomic mass is 10.1. The van der Waals surface area contributed by atoms with Crippen LogP contribution in [-0.2, 0) is 11.3 Å². The van der Waals surface area contributed by atoms with Crippen LogP contribution in [0.2, 0.25) is 0 Å². The molecule has 3 rings (SSSR count). The normalized spacial score (nSPS) is 11.5. The van der Waals surface area contributed by atoms with E-state index in [2.05, 4.69) is 26.6 Å². The first-order valence-electron chi connectivity index (χ1n) is 8.65. The SMILES string of the molecule is CC(Oc1ccc(Br)cc1)C(=O)Nc1ccccc1C(=O)NCc1ccco1. The number of carbonyl (C=O) groups excluding carboxylic acids is 2. The van der Waals surface area contributed by atoms with Gasteiger partial charge in [0.05, 0.1) is 24.1 Å². The molecule has 1 heterocycles. The van der Waals surface area contributed by atoms with Crippen molar-refractivity contribution in [2.75, 3.05) is 5.32 Å². The number of carbonyl (C=O) groups is 2. The van der Waals surface area contributed by atoms with Crippen LogP contribution in [-0.4, -0.2) is 17.9 Å². The Kier molecular flexibility index (Phi) is 6.49. The largest absolute Gasteiger partial charge is 0.481 e. The van der Waals surface area contributed by atoms with Gasteiger partial charge in [0.1, 0.15) is 11.5 Å². The number of hydrogen-bond acceptors (Lipinski definition) is 4. The maximum atomic E-state index is 12.5.